The van der Waals surface area contributed by atoms with Crippen LogP contribution in [0.3, 0.4) is 0 Å². The van der Waals surface area contributed by atoms with Crippen molar-refractivity contribution in [3.05, 3.63) is 47.2 Å². The average Bonchev–Trinajstić information content (AvgIpc) is 2.71. The van der Waals surface area contributed by atoms with E-state index in [2.05, 4.69) is 0 Å². The number of rotatable bonds is 4. The highest BCUT2D eigenvalue weighted by atomic mass is 16.6. The van der Waals surface area contributed by atoms with E-state index in [0.29, 0.717) is 12.8 Å². The Morgan fingerprint density at radius 3 is 2.60 bits per heavy atom. The van der Waals surface area contributed by atoms with Crippen LogP contribution in [0.5, 0.6) is 0 Å². The number of carbonyl (C=O) groups is 2. The van der Waals surface area contributed by atoms with Gasteiger partial charge in [-0.25, -0.2) is 4.79 Å². The van der Waals surface area contributed by atoms with Crippen molar-refractivity contribution in [1.82, 2.24) is 0 Å². The Hall–Kier alpha value is -2.14. The van der Waals surface area contributed by atoms with Crippen LogP contribution in [0.1, 0.15) is 18.9 Å². The van der Waals surface area contributed by atoms with Gasteiger partial charge < -0.3 is 15.6 Å². The third-order valence-corrected chi connectivity index (χ3v) is 3.22. The molecule has 106 valence electrons. The maximum absolute atomic E-state index is 12.1. The standard InChI is InChI=1S/C15H17NO4/c1-9(16)13(17)12-14(18)11(20-15(12)19)8-7-10-5-3-2-4-6-10/h2-6,9,11,17H,7-8,16H2,1H3/t9-,11+/m1/s1. The molecule has 0 saturated carbocycles. The fourth-order valence-electron chi connectivity index (χ4n) is 2.09. The molecule has 1 fully saturated rings. The van der Waals surface area contributed by atoms with Crippen LogP contribution in [0, 0.1) is 0 Å². The molecule has 0 unspecified atom stereocenters. The second kappa shape index (κ2) is 5.88. The van der Waals surface area contributed by atoms with Gasteiger partial charge in [0, 0.05) is 0 Å². The summed E-state index contributed by atoms with van der Waals surface area (Å²) in [5.41, 5.74) is 6.24. The summed E-state index contributed by atoms with van der Waals surface area (Å²) in [4.78, 5) is 23.7. The molecule has 0 spiro atoms. The zero-order chi connectivity index (χ0) is 14.7. The molecule has 3 N–H and O–H groups in total. The van der Waals surface area contributed by atoms with Crippen LogP contribution < -0.4 is 5.73 Å². The van der Waals surface area contributed by atoms with Crippen LogP contribution in [-0.2, 0) is 20.7 Å². The van der Waals surface area contributed by atoms with Crippen LogP contribution >= 0.6 is 0 Å². The van der Waals surface area contributed by atoms with Gasteiger partial charge in [-0.1, -0.05) is 30.3 Å². The minimum Gasteiger partial charge on any atom is -0.510 e. The number of ketones is 1. The zero-order valence-electron chi connectivity index (χ0n) is 11.2. The van der Waals surface area contributed by atoms with Crippen molar-refractivity contribution in [1.29, 1.82) is 0 Å². The van der Waals surface area contributed by atoms with Crippen LogP contribution in [0.2, 0.25) is 0 Å². The number of aliphatic hydroxyl groups is 1. The third-order valence-electron chi connectivity index (χ3n) is 3.22. The van der Waals surface area contributed by atoms with Gasteiger partial charge >= 0.3 is 5.97 Å². The summed E-state index contributed by atoms with van der Waals surface area (Å²) in [5, 5.41) is 9.70. The lowest BCUT2D eigenvalue weighted by Crippen LogP contribution is -2.23. The third kappa shape index (κ3) is 2.88. The summed E-state index contributed by atoms with van der Waals surface area (Å²) in [6.45, 7) is 1.50. The molecule has 0 aliphatic carbocycles. The van der Waals surface area contributed by atoms with Crippen molar-refractivity contribution < 1.29 is 19.4 Å². The first-order valence-electron chi connectivity index (χ1n) is 6.48. The number of hydrogen-bond donors (Lipinski definition) is 2. The normalized spacial score (nSPS) is 22.6. The zero-order valence-corrected chi connectivity index (χ0v) is 11.2. The molecule has 1 aromatic carbocycles. The van der Waals surface area contributed by atoms with Crippen molar-refractivity contribution >= 4 is 11.8 Å². The van der Waals surface area contributed by atoms with Gasteiger partial charge in [0.15, 0.2) is 6.10 Å². The Morgan fingerprint density at radius 2 is 2.00 bits per heavy atom. The monoisotopic (exact) mass is 275 g/mol. The lowest BCUT2D eigenvalue weighted by atomic mass is 10.0. The fourth-order valence-corrected chi connectivity index (χ4v) is 2.09. The van der Waals surface area contributed by atoms with Crippen LogP contribution in [0.15, 0.2) is 41.7 Å². The Balaban J connectivity index is 2.07. The molecule has 1 aliphatic rings. The molecule has 1 aliphatic heterocycles. The van der Waals surface area contributed by atoms with Crippen molar-refractivity contribution in [2.24, 2.45) is 5.73 Å². The van der Waals surface area contributed by atoms with Crippen molar-refractivity contribution in [2.75, 3.05) is 0 Å². The number of benzene rings is 1. The molecule has 5 nitrogen and oxygen atoms in total. The van der Waals surface area contributed by atoms with Crippen molar-refractivity contribution in [2.45, 2.75) is 31.9 Å². The highest BCUT2D eigenvalue weighted by Gasteiger charge is 2.41. The highest BCUT2D eigenvalue weighted by Crippen LogP contribution is 2.23. The molecule has 5 heteroatoms. The molecule has 1 heterocycles. The molecule has 0 aromatic heterocycles. The second-order valence-electron chi connectivity index (χ2n) is 4.83. The summed E-state index contributed by atoms with van der Waals surface area (Å²) in [6.07, 6.45) is 0.180. The highest BCUT2D eigenvalue weighted by molar-refractivity contribution is 6.23. The predicted molar refractivity (Wildman–Crippen MR) is 73.0 cm³/mol. The van der Waals surface area contributed by atoms with E-state index in [4.69, 9.17) is 10.5 Å². The molecule has 20 heavy (non-hydrogen) atoms. The second-order valence-corrected chi connectivity index (χ2v) is 4.83. The van der Waals surface area contributed by atoms with Gasteiger partial charge in [0.25, 0.3) is 0 Å². The Bertz CT molecular complexity index is 548. The number of esters is 1. The summed E-state index contributed by atoms with van der Waals surface area (Å²) in [5.74, 6) is -1.68. The van der Waals surface area contributed by atoms with E-state index >= 15 is 0 Å². The van der Waals surface area contributed by atoms with Gasteiger partial charge in [0.05, 0.1) is 6.04 Å². The molecule has 1 saturated heterocycles. The van der Waals surface area contributed by atoms with Gasteiger partial charge in [-0.2, -0.15) is 0 Å². The molecule has 0 amide bonds. The number of Topliss-reactive ketones (excluding diaryl/α,β-unsaturated/α-hetero) is 1. The molecular weight excluding hydrogens is 258 g/mol. The lowest BCUT2D eigenvalue weighted by Gasteiger charge is -2.07. The van der Waals surface area contributed by atoms with E-state index in [9.17, 15) is 14.7 Å². The predicted octanol–water partition coefficient (Wildman–Crippen LogP) is 1.27. The number of ether oxygens (including phenoxy) is 1. The van der Waals surface area contributed by atoms with Crippen LogP contribution in [0.25, 0.3) is 0 Å². The first-order chi connectivity index (χ1) is 9.50. The molecule has 2 rings (SSSR count). The summed E-state index contributed by atoms with van der Waals surface area (Å²) < 4.78 is 5.02. The summed E-state index contributed by atoms with van der Waals surface area (Å²) in [7, 11) is 0. The first-order valence-corrected chi connectivity index (χ1v) is 6.48. The summed E-state index contributed by atoms with van der Waals surface area (Å²) in [6, 6.07) is 8.84. The quantitative estimate of drug-likeness (QED) is 0.374. The van der Waals surface area contributed by atoms with E-state index in [1.54, 1.807) is 0 Å². The van der Waals surface area contributed by atoms with Gasteiger partial charge in [-0.3, -0.25) is 4.79 Å². The maximum atomic E-state index is 12.1. The molecular formula is C15H17NO4. The Morgan fingerprint density at radius 1 is 1.35 bits per heavy atom. The number of aliphatic hydroxyl groups excluding tert-OH is 1. The molecule has 2 atom stereocenters. The van der Waals surface area contributed by atoms with Crippen LogP contribution in [0.4, 0.5) is 0 Å². The van der Waals surface area contributed by atoms with Gasteiger partial charge in [0.2, 0.25) is 5.78 Å². The average molecular weight is 275 g/mol. The van der Waals surface area contributed by atoms with E-state index in [1.807, 2.05) is 30.3 Å². The Kier molecular flexibility index (Phi) is 4.20. The van der Waals surface area contributed by atoms with E-state index < -0.39 is 29.7 Å². The first kappa shape index (κ1) is 14.3. The Labute approximate surface area is 117 Å². The molecule has 0 radical (unpaired) electrons. The van der Waals surface area contributed by atoms with E-state index in [0.717, 1.165) is 5.56 Å². The minimum atomic E-state index is -0.835. The smallest absolute Gasteiger partial charge is 0.346 e. The number of carbonyl (C=O) groups excluding carboxylic acids is 2. The van der Waals surface area contributed by atoms with Gasteiger partial charge in [0.1, 0.15) is 11.3 Å². The van der Waals surface area contributed by atoms with Crippen LogP contribution in [-0.4, -0.2) is 29.0 Å². The number of nitrogens with two attached hydrogens (primary N) is 1. The topological polar surface area (TPSA) is 89.6 Å². The molecule has 1 aromatic rings. The number of cyclic esters (lactones) is 1. The molecule has 0 bridgehead atoms. The van der Waals surface area contributed by atoms with Crippen molar-refractivity contribution in [3.63, 3.8) is 0 Å². The maximum Gasteiger partial charge on any atom is 0.346 e. The van der Waals surface area contributed by atoms with Crippen molar-refractivity contribution in [3.8, 4) is 0 Å². The van der Waals surface area contributed by atoms with E-state index in [-0.39, 0.29) is 5.57 Å². The fraction of sp³-hybridized carbons (Fsp3) is 0.333. The number of hydrogen-bond acceptors (Lipinski definition) is 5. The lowest BCUT2D eigenvalue weighted by molar-refractivity contribution is -0.141. The van der Waals surface area contributed by atoms with Gasteiger partial charge in [-0.15, -0.1) is 0 Å². The largest absolute Gasteiger partial charge is 0.510 e. The summed E-state index contributed by atoms with van der Waals surface area (Å²) >= 11 is 0. The SMILES string of the molecule is C[C@@H](N)C(O)=C1C(=O)O[C@@H](CCc2ccccc2)C1=O. The van der Waals surface area contributed by atoms with Gasteiger partial charge in [-0.05, 0) is 25.3 Å². The minimum absolute atomic E-state index is 0.307. The van der Waals surface area contributed by atoms with E-state index in [1.165, 1.54) is 6.92 Å². The number of aryl methyl sites for hydroxylation is 1.